The molecule has 3 nitrogen and oxygen atoms in total. The summed E-state index contributed by atoms with van der Waals surface area (Å²) in [5.74, 6) is -0.0834. The SMILES string of the molecule is O=CN1CCc2cc(C(=O)CCl)ccc21. The highest BCUT2D eigenvalue weighted by Crippen LogP contribution is 2.27. The molecule has 1 amide bonds. The summed E-state index contributed by atoms with van der Waals surface area (Å²) in [5, 5.41) is 0. The van der Waals surface area contributed by atoms with Gasteiger partial charge < -0.3 is 4.90 Å². The van der Waals surface area contributed by atoms with Crippen LogP contribution >= 0.6 is 11.6 Å². The summed E-state index contributed by atoms with van der Waals surface area (Å²) in [6.45, 7) is 0.692. The third kappa shape index (κ3) is 1.75. The first-order valence-corrected chi connectivity index (χ1v) is 5.23. The first-order valence-electron chi connectivity index (χ1n) is 4.70. The summed E-state index contributed by atoms with van der Waals surface area (Å²) in [7, 11) is 0. The molecule has 1 heterocycles. The first kappa shape index (κ1) is 10.2. The second-order valence-electron chi connectivity index (χ2n) is 3.45. The highest BCUT2D eigenvalue weighted by atomic mass is 35.5. The van der Waals surface area contributed by atoms with Crippen LogP contribution in [-0.2, 0) is 11.2 Å². The minimum Gasteiger partial charge on any atom is -0.314 e. The largest absolute Gasteiger partial charge is 0.314 e. The molecule has 0 atom stereocenters. The lowest BCUT2D eigenvalue weighted by Crippen LogP contribution is -2.17. The molecule has 0 fully saturated rings. The number of fused-ring (bicyclic) bond motifs is 1. The molecule has 78 valence electrons. The topological polar surface area (TPSA) is 37.4 Å². The molecule has 0 N–H and O–H groups in total. The van der Waals surface area contributed by atoms with E-state index in [2.05, 4.69) is 0 Å². The van der Waals surface area contributed by atoms with Gasteiger partial charge in [-0.3, -0.25) is 9.59 Å². The minimum atomic E-state index is -0.0796. The Balaban J connectivity index is 2.37. The number of ketones is 1. The summed E-state index contributed by atoms with van der Waals surface area (Å²) < 4.78 is 0. The van der Waals surface area contributed by atoms with Gasteiger partial charge in [0.05, 0.1) is 5.88 Å². The van der Waals surface area contributed by atoms with E-state index in [1.807, 2.05) is 6.07 Å². The molecule has 0 aromatic heterocycles. The van der Waals surface area contributed by atoms with Crippen LogP contribution in [0.1, 0.15) is 15.9 Å². The number of alkyl halides is 1. The van der Waals surface area contributed by atoms with Crippen LogP contribution in [0.25, 0.3) is 0 Å². The van der Waals surface area contributed by atoms with Gasteiger partial charge in [0.2, 0.25) is 6.41 Å². The molecule has 4 heteroatoms. The molecule has 0 unspecified atom stereocenters. The smallest absolute Gasteiger partial charge is 0.214 e. The first-order chi connectivity index (χ1) is 7.26. The molecule has 2 rings (SSSR count). The molecule has 1 aliphatic heterocycles. The van der Waals surface area contributed by atoms with Crippen molar-refractivity contribution in [2.75, 3.05) is 17.3 Å². The summed E-state index contributed by atoms with van der Waals surface area (Å²) in [5.41, 5.74) is 2.56. The van der Waals surface area contributed by atoms with Gasteiger partial charge in [-0.2, -0.15) is 0 Å². The summed E-state index contributed by atoms with van der Waals surface area (Å²) in [4.78, 5) is 23.7. The van der Waals surface area contributed by atoms with Gasteiger partial charge in [-0.25, -0.2) is 0 Å². The Kier molecular flexibility index (Phi) is 2.73. The molecule has 15 heavy (non-hydrogen) atoms. The van der Waals surface area contributed by atoms with Crippen molar-refractivity contribution < 1.29 is 9.59 Å². The second-order valence-corrected chi connectivity index (χ2v) is 3.72. The van der Waals surface area contributed by atoms with Crippen molar-refractivity contribution in [3.63, 3.8) is 0 Å². The Hall–Kier alpha value is -1.35. The van der Waals surface area contributed by atoms with Crippen molar-refractivity contribution >= 4 is 29.5 Å². The van der Waals surface area contributed by atoms with Crippen LogP contribution in [0.3, 0.4) is 0 Å². The second kappa shape index (κ2) is 4.03. The Morgan fingerprint density at radius 3 is 3.00 bits per heavy atom. The van der Waals surface area contributed by atoms with Crippen LogP contribution in [0, 0.1) is 0 Å². The maximum atomic E-state index is 11.3. The van der Waals surface area contributed by atoms with E-state index in [1.54, 1.807) is 17.0 Å². The number of rotatable bonds is 3. The average Bonchev–Trinajstić information content (AvgIpc) is 2.69. The molecule has 1 aromatic rings. The van der Waals surface area contributed by atoms with Gasteiger partial charge >= 0.3 is 0 Å². The van der Waals surface area contributed by atoms with Crippen LogP contribution in [0.5, 0.6) is 0 Å². The number of benzene rings is 1. The summed E-state index contributed by atoms with van der Waals surface area (Å²) in [6.07, 6.45) is 1.62. The van der Waals surface area contributed by atoms with Gasteiger partial charge in [0.25, 0.3) is 0 Å². The number of carbonyl (C=O) groups is 2. The number of hydrogen-bond donors (Lipinski definition) is 0. The zero-order valence-corrected chi connectivity index (χ0v) is 8.83. The molecular weight excluding hydrogens is 214 g/mol. The van der Waals surface area contributed by atoms with Crippen molar-refractivity contribution in [3.8, 4) is 0 Å². The van der Waals surface area contributed by atoms with Crippen molar-refractivity contribution in [1.29, 1.82) is 0 Å². The predicted octanol–water partition coefficient (Wildman–Crippen LogP) is 1.63. The van der Waals surface area contributed by atoms with E-state index in [0.717, 1.165) is 24.1 Å². The van der Waals surface area contributed by atoms with Crippen LogP contribution < -0.4 is 4.90 Å². The maximum Gasteiger partial charge on any atom is 0.214 e. The molecule has 0 bridgehead atoms. The Labute approximate surface area is 92.6 Å². The fraction of sp³-hybridized carbons (Fsp3) is 0.273. The number of hydrogen-bond acceptors (Lipinski definition) is 2. The van der Waals surface area contributed by atoms with Gasteiger partial charge in [-0.15, -0.1) is 11.6 Å². The molecule has 1 aromatic carbocycles. The molecule has 0 aliphatic carbocycles. The number of Topliss-reactive ketones (excluding diaryl/α,β-unsaturated/α-hetero) is 1. The van der Waals surface area contributed by atoms with Crippen molar-refractivity contribution in [1.82, 2.24) is 0 Å². The molecule has 0 saturated carbocycles. The number of amides is 1. The molecular formula is C11H10ClNO2. The van der Waals surface area contributed by atoms with E-state index in [9.17, 15) is 9.59 Å². The lowest BCUT2D eigenvalue weighted by atomic mass is 10.1. The minimum absolute atomic E-state index is 0.00379. The lowest BCUT2D eigenvalue weighted by molar-refractivity contribution is -0.107. The monoisotopic (exact) mass is 223 g/mol. The van der Waals surface area contributed by atoms with Gasteiger partial charge in [0.1, 0.15) is 0 Å². The fourth-order valence-electron chi connectivity index (χ4n) is 1.79. The highest BCUT2D eigenvalue weighted by molar-refractivity contribution is 6.30. The van der Waals surface area contributed by atoms with Gasteiger partial charge in [-0.05, 0) is 30.2 Å². The summed E-state index contributed by atoms with van der Waals surface area (Å²) >= 11 is 5.48. The van der Waals surface area contributed by atoms with E-state index in [-0.39, 0.29) is 11.7 Å². The maximum absolute atomic E-state index is 11.3. The number of nitrogens with zero attached hydrogens (tertiary/aromatic N) is 1. The van der Waals surface area contributed by atoms with E-state index >= 15 is 0 Å². The lowest BCUT2D eigenvalue weighted by Gasteiger charge is -2.09. The van der Waals surface area contributed by atoms with Gasteiger partial charge in [0, 0.05) is 17.8 Å². The Bertz CT molecular complexity index is 417. The molecule has 0 saturated heterocycles. The zero-order valence-electron chi connectivity index (χ0n) is 8.07. The number of halogens is 1. The Morgan fingerprint density at radius 1 is 1.53 bits per heavy atom. The predicted molar refractivity (Wildman–Crippen MR) is 58.6 cm³/mol. The fourth-order valence-corrected chi connectivity index (χ4v) is 1.94. The van der Waals surface area contributed by atoms with Crippen LogP contribution in [0.2, 0.25) is 0 Å². The zero-order chi connectivity index (χ0) is 10.8. The van der Waals surface area contributed by atoms with Crippen LogP contribution in [-0.4, -0.2) is 24.6 Å². The third-order valence-electron chi connectivity index (χ3n) is 2.58. The van der Waals surface area contributed by atoms with Crippen molar-refractivity contribution in [2.45, 2.75) is 6.42 Å². The average molecular weight is 224 g/mol. The molecule has 1 aliphatic rings. The van der Waals surface area contributed by atoms with Crippen molar-refractivity contribution in [2.24, 2.45) is 0 Å². The molecule has 0 radical (unpaired) electrons. The normalized spacial score (nSPS) is 13.8. The van der Waals surface area contributed by atoms with Crippen LogP contribution in [0.4, 0.5) is 5.69 Å². The number of anilines is 1. The standard InChI is InChI=1S/C11H10ClNO2/c12-6-11(15)9-1-2-10-8(5-9)3-4-13(10)7-14/h1-2,5,7H,3-4,6H2. The van der Waals surface area contributed by atoms with Gasteiger partial charge in [-0.1, -0.05) is 0 Å². The molecule has 0 spiro atoms. The number of carbonyl (C=O) groups excluding carboxylic acids is 2. The quantitative estimate of drug-likeness (QED) is 0.444. The third-order valence-corrected chi connectivity index (χ3v) is 2.82. The van der Waals surface area contributed by atoms with E-state index in [1.165, 1.54) is 0 Å². The van der Waals surface area contributed by atoms with E-state index in [0.29, 0.717) is 12.1 Å². The van der Waals surface area contributed by atoms with Crippen LogP contribution in [0.15, 0.2) is 18.2 Å². The highest BCUT2D eigenvalue weighted by Gasteiger charge is 2.19. The van der Waals surface area contributed by atoms with Crippen molar-refractivity contribution in [3.05, 3.63) is 29.3 Å². The summed E-state index contributed by atoms with van der Waals surface area (Å²) in [6, 6.07) is 5.34. The van der Waals surface area contributed by atoms with E-state index < -0.39 is 0 Å². The van der Waals surface area contributed by atoms with E-state index in [4.69, 9.17) is 11.6 Å². The van der Waals surface area contributed by atoms with Gasteiger partial charge in [0.15, 0.2) is 5.78 Å². The Morgan fingerprint density at radius 2 is 2.33 bits per heavy atom.